The fourth-order valence-corrected chi connectivity index (χ4v) is 4.99. The largest absolute Gasteiger partial charge is 0.359 e. The molecule has 1 aliphatic heterocycles. The highest BCUT2D eigenvalue weighted by atomic mass is 16.2. The minimum absolute atomic E-state index is 0.0975. The molecule has 1 atom stereocenters. The number of aryl methyl sites for hydroxylation is 1. The molecular weight excluding hydrogens is 338 g/mol. The molecule has 2 amide bonds. The lowest BCUT2D eigenvalue weighted by Gasteiger charge is -2.40. The second kappa shape index (κ2) is 6.87. The average Bonchev–Trinajstić information content (AvgIpc) is 3.24. The summed E-state index contributed by atoms with van der Waals surface area (Å²) >= 11 is 0. The number of rotatable bonds is 3. The van der Waals surface area contributed by atoms with Crippen LogP contribution in [0.4, 0.5) is 0 Å². The van der Waals surface area contributed by atoms with Gasteiger partial charge in [0, 0.05) is 39.8 Å². The van der Waals surface area contributed by atoms with Gasteiger partial charge in [0.25, 0.3) is 5.91 Å². The number of hydrogen-bond donors (Lipinski definition) is 1. The molecule has 1 N–H and O–H groups in total. The zero-order valence-electron chi connectivity index (χ0n) is 16.1. The van der Waals surface area contributed by atoms with Gasteiger partial charge in [-0.1, -0.05) is 24.3 Å². The van der Waals surface area contributed by atoms with Crippen LogP contribution in [0.15, 0.2) is 42.6 Å². The van der Waals surface area contributed by atoms with Crippen LogP contribution in [0.2, 0.25) is 0 Å². The predicted molar refractivity (Wildman–Crippen MR) is 105 cm³/mol. The van der Waals surface area contributed by atoms with Crippen molar-refractivity contribution in [2.45, 2.75) is 37.0 Å². The second-order valence-corrected chi connectivity index (χ2v) is 7.94. The van der Waals surface area contributed by atoms with Gasteiger partial charge in [-0.05, 0) is 53.9 Å². The topological polar surface area (TPSA) is 54.3 Å². The van der Waals surface area contributed by atoms with Gasteiger partial charge in [-0.3, -0.25) is 9.59 Å². The first-order valence-corrected chi connectivity index (χ1v) is 9.75. The van der Waals surface area contributed by atoms with Crippen LogP contribution in [0, 0.1) is 0 Å². The summed E-state index contributed by atoms with van der Waals surface area (Å²) in [5, 5.41) is 2.76. The Labute approximate surface area is 160 Å². The SMILES string of the molecule is CNC(=O)C[C@H]1CC2(CCN(C(=O)c3cccn3C)CC2)c2ccccc21. The van der Waals surface area contributed by atoms with Crippen LogP contribution in [-0.2, 0) is 17.3 Å². The molecule has 4 rings (SSSR count). The Bertz CT molecular complexity index is 862. The van der Waals surface area contributed by atoms with E-state index in [1.54, 1.807) is 7.05 Å². The molecule has 142 valence electrons. The standard InChI is InChI=1S/C22H27N3O2/c1-23-20(26)14-16-15-22(18-7-4-3-6-17(16)18)9-12-25(13-10-22)21(27)19-8-5-11-24(19)2/h3-8,11,16H,9-10,12-15H2,1-2H3,(H,23,26)/t16-/m0/s1. The third-order valence-electron chi connectivity index (χ3n) is 6.49. The van der Waals surface area contributed by atoms with Crippen molar-refractivity contribution in [3.63, 3.8) is 0 Å². The number of carbonyl (C=O) groups excluding carboxylic acids is 2. The molecule has 1 saturated heterocycles. The molecule has 1 aromatic heterocycles. The van der Waals surface area contributed by atoms with E-state index in [0.717, 1.165) is 38.0 Å². The molecule has 5 nitrogen and oxygen atoms in total. The normalized spacial score (nSPS) is 20.5. The lowest BCUT2D eigenvalue weighted by molar-refractivity contribution is -0.121. The van der Waals surface area contributed by atoms with Crippen molar-refractivity contribution in [1.82, 2.24) is 14.8 Å². The molecule has 27 heavy (non-hydrogen) atoms. The summed E-state index contributed by atoms with van der Waals surface area (Å²) in [6, 6.07) is 12.4. The number of nitrogens with one attached hydrogen (secondary N) is 1. The number of fused-ring (bicyclic) bond motifs is 2. The molecule has 0 unspecified atom stereocenters. The summed E-state index contributed by atoms with van der Waals surface area (Å²) < 4.78 is 1.89. The van der Waals surface area contributed by atoms with Gasteiger partial charge in [0.05, 0.1) is 0 Å². The van der Waals surface area contributed by atoms with Gasteiger partial charge < -0.3 is 14.8 Å². The maximum Gasteiger partial charge on any atom is 0.270 e. The Morgan fingerprint density at radius 1 is 1.15 bits per heavy atom. The smallest absolute Gasteiger partial charge is 0.270 e. The van der Waals surface area contributed by atoms with E-state index >= 15 is 0 Å². The minimum Gasteiger partial charge on any atom is -0.359 e. The van der Waals surface area contributed by atoms with Crippen molar-refractivity contribution in [3.05, 3.63) is 59.4 Å². The van der Waals surface area contributed by atoms with Crippen molar-refractivity contribution >= 4 is 11.8 Å². The minimum atomic E-state index is 0.0975. The predicted octanol–water partition coefficient (Wildman–Crippen LogP) is 2.82. The van der Waals surface area contributed by atoms with E-state index in [-0.39, 0.29) is 23.1 Å². The Kier molecular flexibility index (Phi) is 4.54. The summed E-state index contributed by atoms with van der Waals surface area (Å²) in [6.45, 7) is 1.54. The summed E-state index contributed by atoms with van der Waals surface area (Å²) in [4.78, 5) is 26.8. The molecule has 1 aliphatic carbocycles. The maximum atomic E-state index is 12.8. The number of benzene rings is 1. The molecule has 5 heteroatoms. The summed E-state index contributed by atoms with van der Waals surface area (Å²) in [5.41, 5.74) is 3.56. The van der Waals surface area contributed by atoms with Gasteiger partial charge in [0.2, 0.25) is 5.91 Å². The van der Waals surface area contributed by atoms with Crippen LogP contribution in [0.3, 0.4) is 0 Å². The summed E-state index contributed by atoms with van der Waals surface area (Å²) in [7, 11) is 3.61. The number of hydrogen-bond acceptors (Lipinski definition) is 2. The highest BCUT2D eigenvalue weighted by Crippen LogP contribution is 2.52. The molecule has 0 radical (unpaired) electrons. The average molecular weight is 365 g/mol. The fourth-order valence-electron chi connectivity index (χ4n) is 4.99. The first-order chi connectivity index (χ1) is 13.0. The van der Waals surface area contributed by atoms with Crippen molar-refractivity contribution in [3.8, 4) is 0 Å². The van der Waals surface area contributed by atoms with Crippen molar-refractivity contribution in [2.75, 3.05) is 20.1 Å². The van der Waals surface area contributed by atoms with E-state index in [9.17, 15) is 9.59 Å². The number of nitrogens with zero attached hydrogens (tertiary/aromatic N) is 2. The Hall–Kier alpha value is -2.56. The van der Waals surface area contributed by atoms with Gasteiger partial charge in [-0.2, -0.15) is 0 Å². The van der Waals surface area contributed by atoms with Gasteiger partial charge in [-0.15, -0.1) is 0 Å². The zero-order chi connectivity index (χ0) is 19.0. The van der Waals surface area contributed by atoms with Crippen LogP contribution in [-0.4, -0.2) is 41.4 Å². The van der Waals surface area contributed by atoms with Gasteiger partial charge in [0.1, 0.15) is 5.69 Å². The molecule has 1 aromatic carbocycles. The van der Waals surface area contributed by atoms with Gasteiger partial charge in [0.15, 0.2) is 0 Å². The first kappa shape index (κ1) is 17.8. The lowest BCUT2D eigenvalue weighted by atomic mass is 9.73. The molecule has 0 bridgehead atoms. The molecular formula is C22H27N3O2. The van der Waals surface area contributed by atoms with Gasteiger partial charge in [-0.25, -0.2) is 0 Å². The van der Waals surface area contributed by atoms with Crippen LogP contribution >= 0.6 is 0 Å². The van der Waals surface area contributed by atoms with E-state index in [1.807, 2.05) is 34.8 Å². The monoisotopic (exact) mass is 365 g/mol. The van der Waals surface area contributed by atoms with E-state index in [4.69, 9.17) is 0 Å². The number of amides is 2. The highest BCUT2D eigenvalue weighted by molar-refractivity contribution is 5.92. The second-order valence-electron chi connectivity index (χ2n) is 7.94. The first-order valence-electron chi connectivity index (χ1n) is 9.75. The van der Waals surface area contributed by atoms with Crippen LogP contribution in [0.25, 0.3) is 0 Å². The Morgan fingerprint density at radius 2 is 1.89 bits per heavy atom. The lowest BCUT2D eigenvalue weighted by Crippen LogP contribution is -2.44. The maximum absolute atomic E-state index is 12.8. The molecule has 2 aromatic rings. The number of carbonyl (C=O) groups is 2. The molecule has 0 saturated carbocycles. The Balaban J connectivity index is 1.53. The summed E-state index contributed by atoms with van der Waals surface area (Å²) in [6.07, 6.45) is 5.39. The van der Waals surface area contributed by atoms with Crippen LogP contribution < -0.4 is 5.32 Å². The highest BCUT2D eigenvalue weighted by Gasteiger charge is 2.46. The van der Waals surface area contributed by atoms with E-state index in [0.29, 0.717) is 6.42 Å². The van der Waals surface area contributed by atoms with Crippen molar-refractivity contribution in [1.29, 1.82) is 0 Å². The summed E-state index contributed by atoms with van der Waals surface area (Å²) in [5.74, 6) is 0.491. The quantitative estimate of drug-likeness (QED) is 0.909. The molecule has 2 heterocycles. The third kappa shape index (κ3) is 3.05. The molecule has 1 fully saturated rings. The van der Waals surface area contributed by atoms with Gasteiger partial charge >= 0.3 is 0 Å². The van der Waals surface area contributed by atoms with E-state index in [1.165, 1.54) is 11.1 Å². The molecule has 2 aliphatic rings. The number of likely N-dealkylation sites (tertiary alicyclic amines) is 1. The fraction of sp³-hybridized carbons (Fsp3) is 0.455. The number of aromatic nitrogens is 1. The molecule has 1 spiro atoms. The van der Waals surface area contributed by atoms with E-state index in [2.05, 4.69) is 29.6 Å². The van der Waals surface area contributed by atoms with Crippen LogP contribution in [0.1, 0.15) is 53.2 Å². The van der Waals surface area contributed by atoms with E-state index < -0.39 is 0 Å². The third-order valence-corrected chi connectivity index (χ3v) is 6.49. The van der Waals surface area contributed by atoms with Crippen molar-refractivity contribution in [2.24, 2.45) is 7.05 Å². The number of piperidine rings is 1. The Morgan fingerprint density at radius 3 is 2.56 bits per heavy atom. The zero-order valence-corrected chi connectivity index (χ0v) is 16.1. The van der Waals surface area contributed by atoms with Crippen molar-refractivity contribution < 1.29 is 9.59 Å². The van der Waals surface area contributed by atoms with Crippen LogP contribution in [0.5, 0.6) is 0 Å².